The summed E-state index contributed by atoms with van der Waals surface area (Å²) in [5.41, 5.74) is 2.40. The molecule has 0 amide bonds. The lowest BCUT2D eigenvalue weighted by molar-refractivity contribution is 0.279. The van der Waals surface area contributed by atoms with E-state index in [0.717, 1.165) is 31.7 Å². The second-order valence-corrected chi connectivity index (χ2v) is 7.63. The fourth-order valence-corrected chi connectivity index (χ4v) is 4.46. The van der Waals surface area contributed by atoms with Crippen LogP contribution in [0.3, 0.4) is 0 Å². The lowest BCUT2D eigenvalue weighted by Gasteiger charge is -2.21. The van der Waals surface area contributed by atoms with Crippen LogP contribution in [0.25, 0.3) is 10.2 Å². The number of thiazole rings is 1. The molecule has 1 aliphatic rings. The summed E-state index contributed by atoms with van der Waals surface area (Å²) in [4.78, 5) is 13.9. The molecule has 1 aliphatic heterocycles. The van der Waals surface area contributed by atoms with E-state index in [1.54, 1.807) is 0 Å². The van der Waals surface area contributed by atoms with Gasteiger partial charge >= 0.3 is 0 Å². The molecule has 0 bridgehead atoms. The number of hydrogen-bond acceptors (Lipinski definition) is 5. The Labute approximate surface area is 146 Å². The highest BCUT2D eigenvalue weighted by Crippen LogP contribution is 2.32. The van der Waals surface area contributed by atoms with Gasteiger partial charge in [-0.2, -0.15) is 0 Å². The van der Waals surface area contributed by atoms with E-state index in [0.29, 0.717) is 5.92 Å². The SMILES string of the molecule is CN(Cc1cccnc1)C[C@@H]1CCN(c2nc3ccccc3s2)C1. The summed E-state index contributed by atoms with van der Waals surface area (Å²) < 4.78 is 1.28. The standard InChI is InChI=1S/C19H22N4S/c1-22(12-15-5-4-9-20-11-15)13-16-8-10-23(14-16)19-21-17-6-2-3-7-18(17)24-19/h2-7,9,11,16H,8,10,12-14H2,1H3/t16-/m0/s1. The number of rotatable bonds is 5. The van der Waals surface area contributed by atoms with Crippen molar-refractivity contribution >= 4 is 26.7 Å². The van der Waals surface area contributed by atoms with Gasteiger partial charge in [0, 0.05) is 38.6 Å². The quantitative estimate of drug-likeness (QED) is 0.711. The van der Waals surface area contributed by atoms with Crippen molar-refractivity contribution in [2.45, 2.75) is 13.0 Å². The first kappa shape index (κ1) is 15.5. The van der Waals surface area contributed by atoms with E-state index in [1.165, 1.54) is 21.8 Å². The van der Waals surface area contributed by atoms with Crippen LogP contribution >= 0.6 is 11.3 Å². The average molecular weight is 338 g/mol. The summed E-state index contributed by atoms with van der Waals surface area (Å²) in [5, 5.41) is 1.17. The van der Waals surface area contributed by atoms with Crippen LogP contribution in [-0.4, -0.2) is 41.5 Å². The van der Waals surface area contributed by atoms with E-state index in [9.17, 15) is 0 Å². The molecule has 2 aromatic heterocycles. The molecule has 124 valence electrons. The fourth-order valence-electron chi connectivity index (χ4n) is 3.46. The number of nitrogens with zero attached hydrogens (tertiary/aromatic N) is 4. The van der Waals surface area contributed by atoms with E-state index >= 15 is 0 Å². The number of aromatic nitrogens is 2. The van der Waals surface area contributed by atoms with Gasteiger partial charge in [-0.05, 0) is 43.1 Å². The van der Waals surface area contributed by atoms with E-state index in [4.69, 9.17) is 4.98 Å². The Kier molecular flexibility index (Phi) is 4.45. The molecule has 0 saturated carbocycles. The van der Waals surface area contributed by atoms with Gasteiger partial charge in [-0.15, -0.1) is 0 Å². The van der Waals surface area contributed by atoms with Crippen LogP contribution < -0.4 is 4.90 Å². The second-order valence-electron chi connectivity index (χ2n) is 6.62. The molecule has 3 aromatic rings. The Bertz CT molecular complexity index is 768. The number of pyridine rings is 1. The average Bonchev–Trinajstić information content (AvgIpc) is 3.22. The molecule has 0 radical (unpaired) electrons. The molecule has 1 fully saturated rings. The van der Waals surface area contributed by atoms with Crippen LogP contribution in [0.1, 0.15) is 12.0 Å². The van der Waals surface area contributed by atoms with Crippen LogP contribution in [0.15, 0.2) is 48.8 Å². The van der Waals surface area contributed by atoms with E-state index in [-0.39, 0.29) is 0 Å². The monoisotopic (exact) mass is 338 g/mol. The number of para-hydroxylation sites is 1. The molecule has 24 heavy (non-hydrogen) atoms. The summed E-state index contributed by atoms with van der Waals surface area (Å²) in [6.07, 6.45) is 5.03. The third-order valence-electron chi connectivity index (χ3n) is 4.58. The number of hydrogen-bond donors (Lipinski definition) is 0. The number of fused-ring (bicyclic) bond motifs is 1. The Morgan fingerprint density at radius 1 is 1.25 bits per heavy atom. The molecule has 5 heteroatoms. The lowest BCUT2D eigenvalue weighted by atomic mass is 10.1. The smallest absolute Gasteiger partial charge is 0.186 e. The summed E-state index contributed by atoms with van der Waals surface area (Å²) >= 11 is 1.81. The molecule has 1 atom stereocenters. The highest BCUT2D eigenvalue weighted by molar-refractivity contribution is 7.22. The Hall–Kier alpha value is -1.98. The molecule has 4 rings (SSSR count). The first-order valence-electron chi connectivity index (χ1n) is 8.46. The van der Waals surface area contributed by atoms with Gasteiger partial charge in [0.25, 0.3) is 0 Å². The minimum absolute atomic E-state index is 0.707. The van der Waals surface area contributed by atoms with Crippen molar-refractivity contribution in [1.82, 2.24) is 14.9 Å². The van der Waals surface area contributed by atoms with Crippen LogP contribution in [0, 0.1) is 5.92 Å². The Morgan fingerprint density at radius 2 is 2.17 bits per heavy atom. The van der Waals surface area contributed by atoms with Crippen molar-refractivity contribution in [3.8, 4) is 0 Å². The molecule has 1 aromatic carbocycles. The molecular formula is C19H22N4S. The van der Waals surface area contributed by atoms with Gasteiger partial charge in [0.2, 0.25) is 0 Å². The van der Waals surface area contributed by atoms with Gasteiger partial charge in [0.05, 0.1) is 10.2 Å². The maximum absolute atomic E-state index is 4.80. The van der Waals surface area contributed by atoms with Gasteiger partial charge < -0.3 is 9.80 Å². The normalized spacial score (nSPS) is 17.9. The first-order valence-corrected chi connectivity index (χ1v) is 9.27. The van der Waals surface area contributed by atoms with Crippen molar-refractivity contribution in [3.05, 3.63) is 54.4 Å². The van der Waals surface area contributed by atoms with Gasteiger partial charge in [-0.3, -0.25) is 4.98 Å². The van der Waals surface area contributed by atoms with Crippen molar-refractivity contribution in [2.24, 2.45) is 5.92 Å². The number of anilines is 1. The van der Waals surface area contributed by atoms with Crippen LogP contribution in [0.4, 0.5) is 5.13 Å². The van der Waals surface area contributed by atoms with Gasteiger partial charge in [0.15, 0.2) is 5.13 Å². The predicted octanol–water partition coefficient (Wildman–Crippen LogP) is 3.65. The minimum atomic E-state index is 0.707. The Morgan fingerprint density at radius 3 is 3.00 bits per heavy atom. The third kappa shape index (κ3) is 3.42. The molecule has 0 N–H and O–H groups in total. The molecule has 0 spiro atoms. The zero-order valence-electron chi connectivity index (χ0n) is 13.9. The highest BCUT2D eigenvalue weighted by atomic mass is 32.1. The van der Waals surface area contributed by atoms with Crippen molar-refractivity contribution in [2.75, 3.05) is 31.6 Å². The minimum Gasteiger partial charge on any atom is -0.348 e. The Balaban J connectivity index is 1.36. The zero-order chi connectivity index (χ0) is 16.4. The van der Waals surface area contributed by atoms with Crippen molar-refractivity contribution in [3.63, 3.8) is 0 Å². The van der Waals surface area contributed by atoms with Crippen molar-refractivity contribution in [1.29, 1.82) is 0 Å². The summed E-state index contributed by atoms with van der Waals surface area (Å²) in [5.74, 6) is 0.707. The van der Waals surface area contributed by atoms with E-state index in [1.807, 2.05) is 29.8 Å². The van der Waals surface area contributed by atoms with Crippen LogP contribution in [0.5, 0.6) is 0 Å². The molecule has 0 aliphatic carbocycles. The van der Waals surface area contributed by atoms with Crippen molar-refractivity contribution < 1.29 is 0 Å². The third-order valence-corrected chi connectivity index (χ3v) is 5.68. The summed E-state index contributed by atoms with van der Waals surface area (Å²) in [7, 11) is 2.20. The highest BCUT2D eigenvalue weighted by Gasteiger charge is 2.25. The zero-order valence-corrected chi connectivity index (χ0v) is 14.7. The maximum Gasteiger partial charge on any atom is 0.186 e. The molecule has 0 unspecified atom stereocenters. The van der Waals surface area contributed by atoms with E-state index in [2.05, 4.69) is 52.2 Å². The molecular weight excluding hydrogens is 316 g/mol. The topological polar surface area (TPSA) is 32.3 Å². The predicted molar refractivity (Wildman–Crippen MR) is 101 cm³/mol. The van der Waals surface area contributed by atoms with Crippen LogP contribution in [0.2, 0.25) is 0 Å². The molecule has 3 heterocycles. The van der Waals surface area contributed by atoms with Gasteiger partial charge in [-0.1, -0.05) is 29.5 Å². The largest absolute Gasteiger partial charge is 0.348 e. The fraction of sp³-hybridized carbons (Fsp3) is 0.368. The molecule has 1 saturated heterocycles. The lowest BCUT2D eigenvalue weighted by Crippen LogP contribution is -2.28. The van der Waals surface area contributed by atoms with Crippen LogP contribution in [-0.2, 0) is 6.54 Å². The summed E-state index contributed by atoms with van der Waals surface area (Å²) in [6.45, 7) is 4.31. The second kappa shape index (κ2) is 6.87. The van der Waals surface area contributed by atoms with Gasteiger partial charge in [0.1, 0.15) is 0 Å². The first-order chi connectivity index (χ1) is 11.8. The maximum atomic E-state index is 4.80. The summed E-state index contributed by atoms with van der Waals surface area (Å²) in [6, 6.07) is 12.6. The van der Waals surface area contributed by atoms with E-state index < -0.39 is 0 Å². The van der Waals surface area contributed by atoms with Gasteiger partial charge in [-0.25, -0.2) is 4.98 Å². The number of benzene rings is 1. The molecule has 4 nitrogen and oxygen atoms in total.